The first-order valence-electron chi connectivity index (χ1n) is 8.01. The van der Waals surface area contributed by atoms with E-state index in [4.69, 9.17) is 9.84 Å². The molecule has 0 saturated carbocycles. The van der Waals surface area contributed by atoms with Crippen LogP contribution in [0.5, 0.6) is 11.6 Å². The molecule has 0 amide bonds. The van der Waals surface area contributed by atoms with Gasteiger partial charge in [0.2, 0.25) is 5.88 Å². The van der Waals surface area contributed by atoms with Crippen molar-refractivity contribution in [2.75, 3.05) is 0 Å². The highest BCUT2D eigenvalue weighted by molar-refractivity contribution is 5.60. The van der Waals surface area contributed by atoms with Crippen molar-refractivity contribution >= 4 is 6.16 Å². The van der Waals surface area contributed by atoms with Gasteiger partial charge in [-0.05, 0) is 42.8 Å². The zero-order valence-electron chi connectivity index (χ0n) is 14.4. The molecule has 6 nitrogen and oxygen atoms in total. The van der Waals surface area contributed by atoms with Crippen molar-refractivity contribution in [3.63, 3.8) is 0 Å². The number of carbonyl (C=O) groups is 1. The third-order valence-electron chi connectivity index (χ3n) is 3.80. The number of halogens is 2. The van der Waals surface area contributed by atoms with Crippen LogP contribution < -0.4 is 9.47 Å². The highest BCUT2D eigenvalue weighted by Gasteiger charge is 2.12. The summed E-state index contributed by atoms with van der Waals surface area (Å²) in [6.07, 6.45) is -1.46. The number of nitrogens with zero attached hydrogens (tertiary/aromatic N) is 2. The second-order valence-corrected chi connectivity index (χ2v) is 5.82. The average Bonchev–Trinajstić information content (AvgIpc) is 2.94. The van der Waals surface area contributed by atoms with Crippen molar-refractivity contribution in [3.8, 4) is 11.6 Å². The van der Waals surface area contributed by atoms with Crippen LogP contribution in [0.3, 0.4) is 0 Å². The fraction of sp³-hybridized carbons (Fsp3) is 0.158. The molecule has 0 fully saturated rings. The molecule has 140 valence electrons. The van der Waals surface area contributed by atoms with Crippen molar-refractivity contribution in [2.45, 2.75) is 20.1 Å². The Hall–Kier alpha value is -3.42. The second kappa shape index (κ2) is 7.86. The Morgan fingerprint density at radius 3 is 2.52 bits per heavy atom. The SMILES string of the molecule is Cc1cc(OC(=O)O)nn1Cc1cc(F)ccc1OCc1ccc(F)cc1. The summed E-state index contributed by atoms with van der Waals surface area (Å²) in [4.78, 5) is 10.6. The van der Waals surface area contributed by atoms with Gasteiger partial charge in [0.05, 0.1) is 6.54 Å². The molecule has 0 radical (unpaired) electrons. The van der Waals surface area contributed by atoms with Gasteiger partial charge in [-0.3, -0.25) is 4.68 Å². The quantitative estimate of drug-likeness (QED) is 0.656. The molecular formula is C19H16F2N2O4. The van der Waals surface area contributed by atoms with Crippen LogP contribution in [-0.2, 0) is 13.2 Å². The molecule has 3 rings (SSSR count). The minimum absolute atomic E-state index is 0.0646. The van der Waals surface area contributed by atoms with Crippen molar-refractivity contribution in [2.24, 2.45) is 0 Å². The second-order valence-electron chi connectivity index (χ2n) is 5.82. The Morgan fingerprint density at radius 1 is 1.11 bits per heavy atom. The summed E-state index contributed by atoms with van der Waals surface area (Å²) in [5.74, 6) is -0.401. The molecule has 0 aliphatic heterocycles. The summed E-state index contributed by atoms with van der Waals surface area (Å²) in [6.45, 7) is 2.07. The van der Waals surface area contributed by atoms with Gasteiger partial charge in [-0.15, -0.1) is 5.10 Å². The Balaban J connectivity index is 1.78. The van der Waals surface area contributed by atoms with E-state index in [0.717, 1.165) is 5.56 Å². The summed E-state index contributed by atoms with van der Waals surface area (Å²) in [5.41, 5.74) is 1.92. The molecule has 1 heterocycles. The number of hydrogen-bond acceptors (Lipinski definition) is 4. The molecule has 3 aromatic rings. The van der Waals surface area contributed by atoms with E-state index in [1.165, 1.54) is 41.1 Å². The molecular weight excluding hydrogens is 358 g/mol. The van der Waals surface area contributed by atoms with Crippen LogP contribution in [-0.4, -0.2) is 21.0 Å². The third kappa shape index (κ3) is 4.81. The van der Waals surface area contributed by atoms with E-state index in [0.29, 0.717) is 17.0 Å². The molecule has 1 N–H and O–H groups in total. The number of benzene rings is 2. The van der Waals surface area contributed by atoms with Gasteiger partial charge in [0.25, 0.3) is 0 Å². The van der Waals surface area contributed by atoms with Crippen LogP contribution in [0.25, 0.3) is 0 Å². The summed E-state index contributed by atoms with van der Waals surface area (Å²) in [6, 6.07) is 11.4. The van der Waals surface area contributed by atoms with Crippen LogP contribution in [0.1, 0.15) is 16.8 Å². The molecule has 0 unspecified atom stereocenters. The third-order valence-corrected chi connectivity index (χ3v) is 3.80. The molecule has 0 atom stereocenters. The van der Waals surface area contributed by atoms with E-state index in [1.807, 2.05) is 0 Å². The van der Waals surface area contributed by atoms with E-state index < -0.39 is 12.0 Å². The van der Waals surface area contributed by atoms with Crippen molar-refractivity contribution in [1.29, 1.82) is 0 Å². The fourth-order valence-corrected chi connectivity index (χ4v) is 2.49. The van der Waals surface area contributed by atoms with Crippen LogP contribution in [0.2, 0.25) is 0 Å². The maximum absolute atomic E-state index is 13.7. The lowest BCUT2D eigenvalue weighted by Gasteiger charge is -2.13. The smallest absolute Gasteiger partial charge is 0.489 e. The van der Waals surface area contributed by atoms with E-state index in [-0.39, 0.29) is 24.8 Å². The minimum Gasteiger partial charge on any atom is -0.489 e. The van der Waals surface area contributed by atoms with E-state index in [2.05, 4.69) is 9.84 Å². The number of aryl methyl sites for hydroxylation is 1. The molecule has 2 aromatic carbocycles. The molecule has 1 aromatic heterocycles. The highest BCUT2D eigenvalue weighted by atomic mass is 19.1. The summed E-state index contributed by atoms with van der Waals surface area (Å²) < 4.78 is 38.4. The van der Waals surface area contributed by atoms with Gasteiger partial charge in [0, 0.05) is 17.3 Å². The Bertz CT molecular complexity index is 955. The molecule has 0 aliphatic carbocycles. The van der Waals surface area contributed by atoms with Gasteiger partial charge in [0.15, 0.2) is 0 Å². The normalized spacial score (nSPS) is 10.6. The summed E-state index contributed by atoms with van der Waals surface area (Å²) in [5, 5.41) is 12.7. The Morgan fingerprint density at radius 2 is 1.81 bits per heavy atom. The van der Waals surface area contributed by atoms with Crippen molar-refractivity contribution in [3.05, 3.63) is 77.0 Å². The number of ether oxygens (including phenoxy) is 2. The molecule has 0 bridgehead atoms. The molecule has 8 heteroatoms. The number of rotatable bonds is 6. The van der Waals surface area contributed by atoms with Gasteiger partial charge in [-0.2, -0.15) is 0 Å². The van der Waals surface area contributed by atoms with E-state index in [9.17, 15) is 13.6 Å². The zero-order chi connectivity index (χ0) is 19.4. The summed E-state index contributed by atoms with van der Waals surface area (Å²) >= 11 is 0. The van der Waals surface area contributed by atoms with Gasteiger partial charge in [-0.1, -0.05) is 12.1 Å². The maximum Gasteiger partial charge on any atom is 0.512 e. The summed E-state index contributed by atoms with van der Waals surface area (Å²) in [7, 11) is 0. The van der Waals surface area contributed by atoms with Crippen LogP contribution >= 0.6 is 0 Å². The van der Waals surface area contributed by atoms with Gasteiger partial charge in [0.1, 0.15) is 24.0 Å². The van der Waals surface area contributed by atoms with Crippen LogP contribution in [0.15, 0.2) is 48.5 Å². The predicted molar refractivity (Wildman–Crippen MR) is 91.9 cm³/mol. The lowest BCUT2D eigenvalue weighted by atomic mass is 10.2. The minimum atomic E-state index is -1.46. The number of aromatic nitrogens is 2. The first-order valence-corrected chi connectivity index (χ1v) is 8.01. The molecule has 27 heavy (non-hydrogen) atoms. The number of hydrogen-bond donors (Lipinski definition) is 1. The van der Waals surface area contributed by atoms with E-state index >= 15 is 0 Å². The van der Waals surface area contributed by atoms with Crippen molar-refractivity contribution in [1.82, 2.24) is 9.78 Å². The lowest BCUT2D eigenvalue weighted by molar-refractivity contribution is 0.142. The lowest BCUT2D eigenvalue weighted by Crippen LogP contribution is -2.08. The topological polar surface area (TPSA) is 73.6 Å². The monoisotopic (exact) mass is 374 g/mol. The van der Waals surface area contributed by atoms with Gasteiger partial charge in [-0.25, -0.2) is 13.6 Å². The fourth-order valence-electron chi connectivity index (χ4n) is 2.49. The Kier molecular flexibility index (Phi) is 5.35. The van der Waals surface area contributed by atoms with Gasteiger partial charge >= 0.3 is 6.16 Å². The molecule has 0 aliphatic rings. The largest absolute Gasteiger partial charge is 0.512 e. The predicted octanol–water partition coefficient (Wildman–Crippen LogP) is 4.15. The van der Waals surface area contributed by atoms with E-state index in [1.54, 1.807) is 19.1 Å². The highest BCUT2D eigenvalue weighted by Crippen LogP contribution is 2.23. The zero-order valence-corrected chi connectivity index (χ0v) is 14.4. The first-order chi connectivity index (χ1) is 12.9. The maximum atomic E-state index is 13.7. The van der Waals surface area contributed by atoms with Crippen LogP contribution in [0, 0.1) is 18.6 Å². The van der Waals surface area contributed by atoms with Gasteiger partial charge < -0.3 is 14.6 Å². The molecule has 0 spiro atoms. The first kappa shape index (κ1) is 18.4. The molecule has 0 saturated heterocycles. The van der Waals surface area contributed by atoms with Crippen molar-refractivity contribution < 1.29 is 28.2 Å². The average molecular weight is 374 g/mol. The standard InChI is InChI=1S/C19H16F2N2O4/c1-12-8-18(27-19(24)25)22-23(12)10-14-9-16(21)6-7-17(14)26-11-13-2-4-15(20)5-3-13/h2-9H,10-11H2,1H3,(H,24,25). The van der Waals surface area contributed by atoms with Crippen LogP contribution in [0.4, 0.5) is 13.6 Å². The Labute approximate surface area is 153 Å². The number of carboxylic acid groups (broad SMARTS) is 1.